The Labute approximate surface area is 85.8 Å². The molecule has 1 saturated heterocycles. The number of likely N-dealkylation sites (tertiary alicyclic amines) is 1. The summed E-state index contributed by atoms with van der Waals surface area (Å²) in [6.07, 6.45) is 1.89. The van der Waals surface area contributed by atoms with Crippen molar-refractivity contribution in [2.24, 2.45) is 0 Å². The lowest BCUT2D eigenvalue weighted by Crippen LogP contribution is -2.66. The molecule has 0 radical (unpaired) electrons. The van der Waals surface area contributed by atoms with Crippen molar-refractivity contribution in [2.75, 3.05) is 33.9 Å². The van der Waals surface area contributed by atoms with E-state index in [4.69, 9.17) is 14.6 Å². The van der Waals surface area contributed by atoms with Gasteiger partial charge in [-0.15, -0.1) is 0 Å². The predicted molar refractivity (Wildman–Crippen MR) is 54.1 cm³/mol. The second kappa shape index (κ2) is 5.07. The molecule has 1 fully saturated rings. The van der Waals surface area contributed by atoms with Gasteiger partial charge in [-0.05, 0) is 12.8 Å². The van der Waals surface area contributed by atoms with Crippen molar-refractivity contribution in [3.8, 4) is 0 Å². The van der Waals surface area contributed by atoms with Crippen LogP contribution in [0.3, 0.4) is 0 Å². The van der Waals surface area contributed by atoms with Crippen LogP contribution in [0.4, 0.5) is 0 Å². The summed E-state index contributed by atoms with van der Waals surface area (Å²) in [6, 6.07) is 0.457. The zero-order valence-electron chi connectivity index (χ0n) is 9.32. The molecule has 0 aromatic carbocycles. The van der Waals surface area contributed by atoms with Gasteiger partial charge in [0, 0.05) is 26.9 Å². The van der Waals surface area contributed by atoms with Crippen molar-refractivity contribution in [1.82, 2.24) is 4.90 Å². The molecule has 14 heavy (non-hydrogen) atoms. The highest BCUT2D eigenvalue weighted by Gasteiger charge is 2.45. The number of ether oxygens (including phenoxy) is 2. The van der Waals surface area contributed by atoms with Crippen molar-refractivity contribution in [3.63, 3.8) is 0 Å². The lowest BCUT2D eigenvalue weighted by atomic mass is 10.0. The van der Waals surface area contributed by atoms with Crippen molar-refractivity contribution in [3.05, 3.63) is 0 Å². The van der Waals surface area contributed by atoms with Gasteiger partial charge in [-0.1, -0.05) is 6.92 Å². The molecular formula is C10H21NO3. The largest absolute Gasteiger partial charge is 0.396 e. The number of hydrogen-bond acceptors (Lipinski definition) is 4. The van der Waals surface area contributed by atoms with E-state index < -0.39 is 5.79 Å². The SMILES string of the molecule is CCC(CCO)N1CC(OC)(OC)C1. The summed E-state index contributed by atoms with van der Waals surface area (Å²) in [5, 5.41) is 8.89. The van der Waals surface area contributed by atoms with Gasteiger partial charge >= 0.3 is 0 Å². The van der Waals surface area contributed by atoms with Crippen LogP contribution in [-0.2, 0) is 9.47 Å². The minimum atomic E-state index is -0.400. The zero-order valence-corrected chi connectivity index (χ0v) is 9.32. The maximum Gasteiger partial charge on any atom is 0.193 e. The van der Waals surface area contributed by atoms with Crippen molar-refractivity contribution in [1.29, 1.82) is 0 Å². The number of aliphatic hydroxyl groups is 1. The minimum Gasteiger partial charge on any atom is -0.396 e. The van der Waals surface area contributed by atoms with Crippen molar-refractivity contribution in [2.45, 2.75) is 31.6 Å². The van der Waals surface area contributed by atoms with Crippen molar-refractivity contribution >= 4 is 0 Å². The molecule has 0 aromatic heterocycles. The lowest BCUT2D eigenvalue weighted by Gasteiger charge is -2.50. The van der Waals surface area contributed by atoms with Gasteiger partial charge in [0.25, 0.3) is 0 Å². The Morgan fingerprint density at radius 1 is 1.36 bits per heavy atom. The van der Waals surface area contributed by atoms with E-state index in [9.17, 15) is 0 Å². The summed E-state index contributed by atoms with van der Waals surface area (Å²) < 4.78 is 10.6. The van der Waals surface area contributed by atoms with Gasteiger partial charge < -0.3 is 14.6 Å². The number of aliphatic hydroxyl groups excluding tert-OH is 1. The van der Waals surface area contributed by atoms with Gasteiger partial charge in [0.05, 0.1) is 13.1 Å². The van der Waals surface area contributed by atoms with Crippen LogP contribution in [0.1, 0.15) is 19.8 Å². The lowest BCUT2D eigenvalue weighted by molar-refractivity contribution is -0.282. The van der Waals surface area contributed by atoms with Crippen LogP contribution in [0, 0.1) is 0 Å². The fraction of sp³-hybridized carbons (Fsp3) is 1.00. The third-order valence-electron chi connectivity index (χ3n) is 3.08. The number of rotatable bonds is 6. The minimum absolute atomic E-state index is 0.252. The second-order valence-corrected chi connectivity index (χ2v) is 3.80. The van der Waals surface area contributed by atoms with Gasteiger partial charge in [0.2, 0.25) is 0 Å². The first-order valence-electron chi connectivity index (χ1n) is 5.16. The highest BCUT2D eigenvalue weighted by atomic mass is 16.7. The van der Waals surface area contributed by atoms with Crippen LogP contribution in [0.15, 0.2) is 0 Å². The summed E-state index contributed by atoms with van der Waals surface area (Å²) in [5.74, 6) is -0.400. The van der Waals surface area contributed by atoms with E-state index in [2.05, 4.69) is 11.8 Å². The third kappa shape index (κ3) is 2.25. The topological polar surface area (TPSA) is 41.9 Å². The highest BCUT2D eigenvalue weighted by Crippen LogP contribution is 2.28. The smallest absolute Gasteiger partial charge is 0.193 e. The molecule has 0 spiro atoms. The number of hydrogen-bond donors (Lipinski definition) is 1. The van der Waals surface area contributed by atoms with Crippen LogP contribution in [0.5, 0.6) is 0 Å². The Kier molecular flexibility index (Phi) is 4.31. The first-order valence-corrected chi connectivity index (χ1v) is 5.16. The molecule has 1 heterocycles. The van der Waals surface area contributed by atoms with E-state index in [-0.39, 0.29) is 6.61 Å². The summed E-state index contributed by atoms with van der Waals surface area (Å²) >= 11 is 0. The molecule has 0 bridgehead atoms. The highest BCUT2D eigenvalue weighted by molar-refractivity contribution is 4.92. The van der Waals surface area contributed by atoms with E-state index in [1.165, 1.54) is 0 Å². The maximum atomic E-state index is 8.89. The third-order valence-corrected chi connectivity index (χ3v) is 3.08. The predicted octanol–water partition coefficient (Wildman–Crippen LogP) is 0.452. The maximum absolute atomic E-state index is 8.89. The van der Waals surface area contributed by atoms with E-state index in [0.717, 1.165) is 25.9 Å². The van der Waals surface area contributed by atoms with E-state index >= 15 is 0 Å². The molecule has 4 nitrogen and oxygen atoms in total. The van der Waals surface area contributed by atoms with E-state index in [1.807, 2.05) is 0 Å². The summed E-state index contributed by atoms with van der Waals surface area (Å²) in [4.78, 5) is 2.29. The Morgan fingerprint density at radius 2 is 1.93 bits per heavy atom. The van der Waals surface area contributed by atoms with Crippen LogP contribution < -0.4 is 0 Å². The average molecular weight is 203 g/mol. The van der Waals surface area contributed by atoms with E-state index in [1.54, 1.807) is 14.2 Å². The average Bonchev–Trinajstić information content (AvgIpc) is 2.16. The molecule has 1 N–H and O–H groups in total. The monoisotopic (exact) mass is 203 g/mol. The van der Waals surface area contributed by atoms with Crippen LogP contribution in [-0.4, -0.2) is 55.8 Å². The Hall–Kier alpha value is -0.160. The molecule has 0 amide bonds. The van der Waals surface area contributed by atoms with Crippen LogP contribution >= 0.6 is 0 Å². The Morgan fingerprint density at radius 3 is 2.29 bits per heavy atom. The molecule has 0 aromatic rings. The fourth-order valence-corrected chi connectivity index (χ4v) is 1.97. The standard InChI is InChI=1S/C10H21NO3/c1-4-9(5-6-12)11-7-10(8-11,13-2)14-3/h9,12H,4-8H2,1-3H3. The summed E-state index contributed by atoms with van der Waals surface area (Å²) in [7, 11) is 3.35. The Bertz CT molecular complexity index is 163. The molecule has 1 rings (SSSR count). The Balaban J connectivity index is 2.37. The first kappa shape index (κ1) is 11.9. The first-order chi connectivity index (χ1) is 6.71. The molecule has 4 heteroatoms. The summed E-state index contributed by atoms with van der Waals surface area (Å²) in [6.45, 7) is 4.00. The van der Waals surface area contributed by atoms with Gasteiger partial charge in [-0.25, -0.2) is 0 Å². The number of nitrogens with zero attached hydrogens (tertiary/aromatic N) is 1. The molecule has 1 atom stereocenters. The second-order valence-electron chi connectivity index (χ2n) is 3.80. The molecular weight excluding hydrogens is 182 g/mol. The molecule has 84 valence electrons. The molecule has 0 aliphatic carbocycles. The molecule has 1 aliphatic rings. The number of methoxy groups -OCH3 is 2. The van der Waals surface area contributed by atoms with Gasteiger partial charge in [-0.2, -0.15) is 0 Å². The van der Waals surface area contributed by atoms with Gasteiger partial charge in [-0.3, -0.25) is 4.90 Å². The quantitative estimate of drug-likeness (QED) is 0.637. The zero-order chi connectivity index (χ0) is 10.6. The van der Waals surface area contributed by atoms with E-state index in [0.29, 0.717) is 6.04 Å². The van der Waals surface area contributed by atoms with Gasteiger partial charge in [0.1, 0.15) is 0 Å². The molecule has 1 unspecified atom stereocenters. The van der Waals surface area contributed by atoms with Crippen LogP contribution in [0.2, 0.25) is 0 Å². The van der Waals surface area contributed by atoms with Crippen molar-refractivity contribution < 1.29 is 14.6 Å². The summed E-state index contributed by atoms with van der Waals surface area (Å²) in [5.41, 5.74) is 0. The molecule has 0 saturated carbocycles. The normalized spacial score (nSPS) is 23.1. The van der Waals surface area contributed by atoms with Crippen LogP contribution in [0.25, 0.3) is 0 Å². The van der Waals surface area contributed by atoms with Gasteiger partial charge in [0.15, 0.2) is 5.79 Å². The fourth-order valence-electron chi connectivity index (χ4n) is 1.97. The molecule has 1 aliphatic heterocycles.